The molecule has 0 spiro atoms. The van der Waals surface area contributed by atoms with Crippen molar-refractivity contribution < 1.29 is 13.9 Å². The highest BCUT2D eigenvalue weighted by atomic mass is 19.1. The van der Waals surface area contributed by atoms with Crippen LogP contribution in [0.4, 0.5) is 10.2 Å². The molecule has 1 fully saturated rings. The van der Waals surface area contributed by atoms with Gasteiger partial charge in [0.1, 0.15) is 18.2 Å². The number of methoxy groups -OCH3 is 1. The van der Waals surface area contributed by atoms with Crippen LogP contribution in [-0.4, -0.2) is 40.5 Å². The number of nitrogens with zero attached hydrogens (tertiary/aromatic N) is 3. The number of fused-ring (bicyclic) bond motifs is 1. The number of benzene rings is 2. The van der Waals surface area contributed by atoms with Gasteiger partial charge in [-0.3, -0.25) is 4.79 Å². The van der Waals surface area contributed by atoms with Crippen LogP contribution in [0, 0.1) is 12.7 Å². The average molecular weight is 380 g/mol. The second-order valence-electron chi connectivity index (χ2n) is 6.96. The van der Waals surface area contributed by atoms with E-state index < -0.39 is 5.82 Å². The molecule has 1 aromatic heterocycles. The largest absolute Gasteiger partial charge is 0.494 e. The maximum atomic E-state index is 13.9. The summed E-state index contributed by atoms with van der Waals surface area (Å²) in [5.41, 5.74) is 2.75. The molecule has 7 heteroatoms. The Morgan fingerprint density at radius 2 is 2.04 bits per heavy atom. The van der Waals surface area contributed by atoms with Crippen LogP contribution in [0.2, 0.25) is 0 Å². The Morgan fingerprint density at radius 3 is 2.79 bits per heavy atom. The molecule has 1 aliphatic rings. The number of halogens is 1. The van der Waals surface area contributed by atoms with Crippen molar-refractivity contribution in [1.82, 2.24) is 14.9 Å². The fourth-order valence-electron chi connectivity index (χ4n) is 3.44. The number of aryl methyl sites for hydroxylation is 1. The first-order valence-corrected chi connectivity index (χ1v) is 9.14. The van der Waals surface area contributed by atoms with E-state index in [2.05, 4.69) is 15.3 Å². The van der Waals surface area contributed by atoms with Crippen molar-refractivity contribution in [3.8, 4) is 5.75 Å². The van der Waals surface area contributed by atoms with E-state index in [1.54, 1.807) is 6.07 Å². The van der Waals surface area contributed by atoms with E-state index in [9.17, 15) is 9.18 Å². The second kappa shape index (κ2) is 7.42. The normalized spacial score (nSPS) is 16.6. The van der Waals surface area contributed by atoms with E-state index >= 15 is 0 Å². The SMILES string of the molecule is COc1cc2c(NC3CCN(Cc4ccc(C)cc4)C3=O)ncnc2cc1F. The molecular formula is C21H21FN4O2. The molecule has 0 radical (unpaired) electrons. The van der Waals surface area contributed by atoms with Gasteiger partial charge in [0.15, 0.2) is 11.6 Å². The Morgan fingerprint density at radius 1 is 1.25 bits per heavy atom. The van der Waals surface area contributed by atoms with Gasteiger partial charge in [-0.15, -0.1) is 0 Å². The summed E-state index contributed by atoms with van der Waals surface area (Å²) >= 11 is 0. The van der Waals surface area contributed by atoms with Crippen molar-refractivity contribution in [1.29, 1.82) is 0 Å². The first-order chi connectivity index (χ1) is 13.5. The zero-order valence-corrected chi connectivity index (χ0v) is 15.8. The molecule has 0 saturated carbocycles. The smallest absolute Gasteiger partial charge is 0.245 e. The van der Waals surface area contributed by atoms with Crippen LogP contribution < -0.4 is 10.1 Å². The van der Waals surface area contributed by atoms with E-state index in [4.69, 9.17) is 4.74 Å². The number of anilines is 1. The summed E-state index contributed by atoms with van der Waals surface area (Å²) in [5, 5.41) is 3.83. The molecule has 1 aliphatic heterocycles. The minimum Gasteiger partial charge on any atom is -0.494 e. The molecular weight excluding hydrogens is 359 g/mol. The molecule has 1 unspecified atom stereocenters. The fourth-order valence-corrected chi connectivity index (χ4v) is 3.44. The Bertz CT molecular complexity index is 1020. The summed E-state index contributed by atoms with van der Waals surface area (Å²) < 4.78 is 19.0. The van der Waals surface area contributed by atoms with Gasteiger partial charge in [-0.2, -0.15) is 0 Å². The molecule has 0 aliphatic carbocycles. The van der Waals surface area contributed by atoms with Crippen LogP contribution >= 0.6 is 0 Å². The van der Waals surface area contributed by atoms with Crippen molar-refractivity contribution in [2.24, 2.45) is 0 Å². The number of rotatable bonds is 5. The first kappa shape index (κ1) is 18.2. The summed E-state index contributed by atoms with van der Waals surface area (Å²) in [7, 11) is 1.41. The maximum Gasteiger partial charge on any atom is 0.245 e. The lowest BCUT2D eigenvalue weighted by molar-refractivity contribution is -0.128. The summed E-state index contributed by atoms with van der Waals surface area (Å²) in [6.45, 7) is 3.30. The fraction of sp³-hybridized carbons (Fsp3) is 0.286. The van der Waals surface area contributed by atoms with Crippen molar-refractivity contribution in [3.63, 3.8) is 0 Å². The lowest BCUT2D eigenvalue weighted by Crippen LogP contribution is -2.33. The highest BCUT2D eigenvalue weighted by Gasteiger charge is 2.32. The Labute approximate surface area is 162 Å². The Balaban J connectivity index is 1.53. The molecule has 6 nitrogen and oxygen atoms in total. The zero-order valence-electron chi connectivity index (χ0n) is 15.8. The van der Waals surface area contributed by atoms with Gasteiger partial charge >= 0.3 is 0 Å². The van der Waals surface area contributed by atoms with E-state index in [0.29, 0.717) is 36.2 Å². The molecule has 1 amide bonds. The third kappa shape index (κ3) is 3.47. The van der Waals surface area contributed by atoms with Crippen LogP contribution in [0.5, 0.6) is 5.75 Å². The molecule has 28 heavy (non-hydrogen) atoms. The van der Waals surface area contributed by atoms with E-state index in [1.807, 2.05) is 36.1 Å². The predicted molar refractivity (Wildman–Crippen MR) is 105 cm³/mol. The van der Waals surface area contributed by atoms with Gasteiger partial charge < -0.3 is 15.0 Å². The lowest BCUT2D eigenvalue weighted by Gasteiger charge is -2.18. The minimum absolute atomic E-state index is 0.0291. The van der Waals surface area contributed by atoms with Crippen molar-refractivity contribution >= 4 is 22.6 Å². The Hall–Kier alpha value is -3.22. The zero-order chi connectivity index (χ0) is 19.7. The molecule has 144 valence electrons. The monoisotopic (exact) mass is 380 g/mol. The van der Waals surface area contributed by atoms with Gasteiger partial charge in [0.05, 0.1) is 12.6 Å². The van der Waals surface area contributed by atoms with E-state index in [1.165, 1.54) is 25.1 Å². The van der Waals surface area contributed by atoms with Gasteiger partial charge in [0, 0.05) is 24.5 Å². The van der Waals surface area contributed by atoms with Gasteiger partial charge in [0.2, 0.25) is 5.91 Å². The second-order valence-corrected chi connectivity index (χ2v) is 6.96. The third-order valence-corrected chi connectivity index (χ3v) is 5.01. The van der Waals surface area contributed by atoms with E-state index in [0.717, 1.165) is 5.56 Å². The van der Waals surface area contributed by atoms with Crippen LogP contribution in [0.25, 0.3) is 10.9 Å². The quantitative estimate of drug-likeness (QED) is 0.736. The minimum atomic E-state index is -0.485. The summed E-state index contributed by atoms with van der Waals surface area (Å²) in [6.07, 6.45) is 2.04. The highest BCUT2D eigenvalue weighted by Crippen LogP contribution is 2.28. The predicted octanol–water partition coefficient (Wildman–Crippen LogP) is 3.30. The molecule has 1 saturated heterocycles. The van der Waals surface area contributed by atoms with Crippen LogP contribution in [0.3, 0.4) is 0 Å². The molecule has 2 aromatic carbocycles. The number of carbonyl (C=O) groups is 1. The topological polar surface area (TPSA) is 67.3 Å². The number of likely N-dealkylation sites (tertiary alicyclic amines) is 1. The standard InChI is InChI=1S/C21H21FN4O2/c1-13-3-5-14(6-4-13)11-26-8-7-17(21(26)27)25-20-15-9-19(28-2)16(22)10-18(15)23-12-24-20/h3-6,9-10,12,17H,7-8,11H2,1-2H3,(H,23,24,25). The average Bonchev–Trinajstić information content (AvgIpc) is 3.03. The van der Waals surface area contributed by atoms with Gasteiger partial charge in [-0.1, -0.05) is 29.8 Å². The van der Waals surface area contributed by atoms with Crippen molar-refractivity contribution in [3.05, 3.63) is 59.7 Å². The molecule has 4 rings (SSSR count). The van der Waals surface area contributed by atoms with Crippen LogP contribution in [0.15, 0.2) is 42.7 Å². The van der Waals surface area contributed by atoms with Crippen LogP contribution in [-0.2, 0) is 11.3 Å². The lowest BCUT2D eigenvalue weighted by atomic mass is 10.1. The van der Waals surface area contributed by atoms with Crippen molar-refractivity contribution in [2.75, 3.05) is 19.0 Å². The van der Waals surface area contributed by atoms with Crippen molar-refractivity contribution in [2.45, 2.75) is 25.9 Å². The number of amides is 1. The molecule has 3 aromatic rings. The van der Waals surface area contributed by atoms with Gasteiger partial charge in [-0.25, -0.2) is 14.4 Å². The maximum absolute atomic E-state index is 13.9. The Kier molecular flexibility index (Phi) is 4.81. The van der Waals surface area contributed by atoms with Gasteiger partial charge in [0.25, 0.3) is 0 Å². The third-order valence-electron chi connectivity index (χ3n) is 5.01. The molecule has 2 heterocycles. The summed E-state index contributed by atoms with van der Waals surface area (Å²) in [5.74, 6) is 0.158. The molecule has 1 N–H and O–H groups in total. The number of aromatic nitrogens is 2. The summed E-state index contributed by atoms with van der Waals surface area (Å²) in [4.78, 5) is 23.0. The van der Waals surface area contributed by atoms with E-state index in [-0.39, 0.29) is 17.7 Å². The number of hydrogen-bond donors (Lipinski definition) is 1. The summed E-state index contributed by atoms with van der Waals surface area (Å²) in [6, 6.07) is 10.7. The van der Waals surface area contributed by atoms with Crippen LogP contribution in [0.1, 0.15) is 17.5 Å². The first-order valence-electron chi connectivity index (χ1n) is 9.14. The number of ether oxygens (including phenoxy) is 1. The van der Waals surface area contributed by atoms with Gasteiger partial charge in [-0.05, 0) is 25.0 Å². The molecule has 1 atom stereocenters. The molecule has 0 bridgehead atoms. The number of hydrogen-bond acceptors (Lipinski definition) is 5. The highest BCUT2D eigenvalue weighted by molar-refractivity contribution is 5.93. The number of nitrogens with one attached hydrogen (secondary N) is 1. The number of carbonyl (C=O) groups excluding carboxylic acids is 1.